The number of aryl methyl sites for hydroxylation is 1. The Kier molecular flexibility index (Phi) is 5.32. The Morgan fingerprint density at radius 1 is 1.29 bits per heavy atom. The van der Waals surface area contributed by atoms with E-state index in [9.17, 15) is 26.0 Å². The number of anilines is 1. The zero-order valence-electron chi connectivity index (χ0n) is 15.0. The van der Waals surface area contributed by atoms with Crippen molar-refractivity contribution < 1.29 is 26.0 Å². The van der Waals surface area contributed by atoms with Crippen LogP contribution in [-0.4, -0.2) is 64.2 Å². The standard InChI is InChI=1S/C15H18F4N6O2S/c1-8-20-6-12(22-8)13-9(15(17,18)19)5-21-14(24-13)23-11-3-4-25(7-10(11)16)28(2,26)27/h5-6,10-11H,3-4,7H2,1-2H3,(H,20,22)(H,21,23,24). The summed E-state index contributed by atoms with van der Waals surface area (Å²) in [7, 11) is -3.52. The third kappa shape index (κ3) is 4.41. The van der Waals surface area contributed by atoms with Gasteiger partial charge in [-0.2, -0.15) is 17.5 Å². The molecular formula is C15H18F4N6O2S. The summed E-state index contributed by atoms with van der Waals surface area (Å²) in [6.07, 6.45) is -3.29. The third-order valence-electron chi connectivity index (χ3n) is 4.34. The van der Waals surface area contributed by atoms with E-state index in [4.69, 9.17) is 0 Å². The summed E-state index contributed by atoms with van der Waals surface area (Å²) in [5, 5.41) is 2.68. The van der Waals surface area contributed by atoms with E-state index in [1.807, 2.05) is 0 Å². The number of imidazole rings is 1. The lowest BCUT2D eigenvalue weighted by molar-refractivity contribution is -0.137. The molecular weight excluding hydrogens is 404 g/mol. The largest absolute Gasteiger partial charge is 0.420 e. The molecule has 13 heteroatoms. The van der Waals surface area contributed by atoms with Crippen LogP contribution in [0.4, 0.5) is 23.5 Å². The molecule has 2 unspecified atom stereocenters. The molecule has 3 rings (SSSR count). The molecule has 2 aromatic rings. The number of hydrogen-bond acceptors (Lipinski definition) is 6. The molecule has 0 spiro atoms. The van der Waals surface area contributed by atoms with Crippen LogP contribution in [0, 0.1) is 6.92 Å². The summed E-state index contributed by atoms with van der Waals surface area (Å²) in [5.74, 6) is 0.226. The molecule has 2 N–H and O–H groups in total. The van der Waals surface area contributed by atoms with Gasteiger partial charge in [-0.3, -0.25) is 0 Å². The van der Waals surface area contributed by atoms with E-state index in [1.54, 1.807) is 6.92 Å². The number of aromatic nitrogens is 4. The summed E-state index contributed by atoms with van der Waals surface area (Å²) in [5.41, 5.74) is -1.40. The number of piperidine rings is 1. The molecule has 28 heavy (non-hydrogen) atoms. The van der Waals surface area contributed by atoms with Gasteiger partial charge in [0.15, 0.2) is 0 Å². The summed E-state index contributed by atoms with van der Waals surface area (Å²) >= 11 is 0. The maximum atomic E-state index is 14.4. The normalized spacial score (nSPS) is 21.6. The number of nitrogens with zero attached hydrogens (tertiary/aromatic N) is 4. The molecule has 1 fully saturated rings. The number of halogens is 4. The quantitative estimate of drug-likeness (QED) is 0.731. The molecule has 3 heterocycles. The fourth-order valence-electron chi connectivity index (χ4n) is 2.91. The van der Waals surface area contributed by atoms with Crippen LogP contribution in [-0.2, 0) is 16.2 Å². The molecule has 0 bridgehead atoms. The first-order chi connectivity index (χ1) is 12.9. The number of nitrogens with one attached hydrogen (secondary N) is 2. The summed E-state index contributed by atoms with van der Waals surface area (Å²) < 4.78 is 78.3. The van der Waals surface area contributed by atoms with E-state index < -0.39 is 39.7 Å². The van der Waals surface area contributed by atoms with Crippen molar-refractivity contribution in [2.24, 2.45) is 0 Å². The van der Waals surface area contributed by atoms with Gasteiger partial charge in [-0.25, -0.2) is 27.8 Å². The minimum atomic E-state index is -4.68. The zero-order chi connectivity index (χ0) is 20.7. The second kappa shape index (κ2) is 7.28. The smallest absolute Gasteiger partial charge is 0.348 e. The number of H-pyrrole nitrogens is 1. The van der Waals surface area contributed by atoms with Crippen molar-refractivity contribution >= 4 is 16.0 Å². The minimum absolute atomic E-state index is 0.0546. The minimum Gasteiger partial charge on any atom is -0.348 e. The predicted molar refractivity (Wildman–Crippen MR) is 92.7 cm³/mol. The van der Waals surface area contributed by atoms with Gasteiger partial charge in [0.2, 0.25) is 16.0 Å². The highest BCUT2D eigenvalue weighted by Gasteiger charge is 2.37. The van der Waals surface area contributed by atoms with E-state index in [0.717, 1.165) is 10.6 Å². The number of hydrogen-bond donors (Lipinski definition) is 2. The molecule has 8 nitrogen and oxygen atoms in total. The van der Waals surface area contributed by atoms with Crippen LogP contribution in [0.1, 0.15) is 17.8 Å². The molecule has 1 saturated heterocycles. The van der Waals surface area contributed by atoms with Gasteiger partial charge in [0.25, 0.3) is 0 Å². The highest BCUT2D eigenvalue weighted by atomic mass is 32.2. The van der Waals surface area contributed by atoms with Crippen molar-refractivity contribution in [3.63, 3.8) is 0 Å². The fourth-order valence-corrected chi connectivity index (χ4v) is 3.76. The first kappa shape index (κ1) is 20.5. The molecule has 1 aliphatic heterocycles. The van der Waals surface area contributed by atoms with Crippen LogP contribution in [0.2, 0.25) is 0 Å². The van der Waals surface area contributed by atoms with Crippen molar-refractivity contribution in [3.8, 4) is 11.4 Å². The Morgan fingerprint density at radius 2 is 2.00 bits per heavy atom. The average Bonchev–Trinajstić information content (AvgIpc) is 3.01. The Bertz CT molecular complexity index is 962. The zero-order valence-corrected chi connectivity index (χ0v) is 15.8. The van der Waals surface area contributed by atoms with E-state index >= 15 is 0 Å². The van der Waals surface area contributed by atoms with Crippen molar-refractivity contribution in [1.82, 2.24) is 24.2 Å². The van der Waals surface area contributed by atoms with Gasteiger partial charge in [-0.1, -0.05) is 0 Å². The van der Waals surface area contributed by atoms with Gasteiger partial charge >= 0.3 is 6.18 Å². The molecule has 2 atom stereocenters. The third-order valence-corrected chi connectivity index (χ3v) is 5.61. The molecule has 2 aromatic heterocycles. The topological polar surface area (TPSA) is 104 Å². The number of aromatic amines is 1. The highest BCUT2D eigenvalue weighted by molar-refractivity contribution is 7.88. The van der Waals surface area contributed by atoms with Gasteiger partial charge in [0.05, 0.1) is 24.2 Å². The molecule has 154 valence electrons. The van der Waals surface area contributed by atoms with E-state index in [2.05, 4.69) is 25.3 Å². The molecule has 0 aliphatic carbocycles. The second-order valence-corrected chi connectivity index (χ2v) is 8.49. The van der Waals surface area contributed by atoms with Crippen LogP contribution in [0.25, 0.3) is 11.4 Å². The highest BCUT2D eigenvalue weighted by Crippen LogP contribution is 2.35. The fraction of sp³-hybridized carbons (Fsp3) is 0.533. The summed E-state index contributed by atoms with van der Waals surface area (Å²) in [6, 6.07) is -0.828. The van der Waals surface area contributed by atoms with Crippen molar-refractivity contribution in [3.05, 3.63) is 23.8 Å². The maximum Gasteiger partial charge on any atom is 0.420 e. The lowest BCUT2D eigenvalue weighted by Gasteiger charge is -2.33. The van der Waals surface area contributed by atoms with Crippen molar-refractivity contribution in [2.75, 3.05) is 24.7 Å². The Balaban J connectivity index is 1.86. The van der Waals surface area contributed by atoms with Crippen LogP contribution >= 0.6 is 0 Å². The van der Waals surface area contributed by atoms with Crippen LogP contribution < -0.4 is 5.32 Å². The van der Waals surface area contributed by atoms with Crippen molar-refractivity contribution in [2.45, 2.75) is 31.7 Å². The number of alkyl halides is 4. The first-order valence-corrected chi connectivity index (χ1v) is 10.1. The molecule has 1 aliphatic rings. The van der Waals surface area contributed by atoms with E-state index in [1.165, 1.54) is 6.20 Å². The number of sulfonamides is 1. The van der Waals surface area contributed by atoms with Crippen LogP contribution in [0.15, 0.2) is 12.4 Å². The van der Waals surface area contributed by atoms with Gasteiger partial charge in [-0.15, -0.1) is 0 Å². The second-order valence-electron chi connectivity index (χ2n) is 6.51. The Hall–Kier alpha value is -2.28. The van der Waals surface area contributed by atoms with Gasteiger partial charge in [0, 0.05) is 19.3 Å². The Morgan fingerprint density at radius 3 is 2.54 bits per heavy atom. The van der Waals surface area contributed by atoms with Gasteiger partial charge in [-0.05, 0) is 13.3 Å². The van der Waals surface area contributed by atoms with Gasteiger partial charge in [0.1, 0.15) is 23.3 Å². The Labute approximate surface area is 158 Å². The summed E-state index contributed by atoms with van der Waals surface area (Å²) in [4.78, 5) is 14.1. The number of rotatable bonds is 4. The van der Waals surface area contributed by atoms with E-state index in [0.29, 0.717) is 12.0 Å². The predicted octanol–water partition coefficient (Wildman–Crippen LogP) is 1.98. The lowest BCUT2D eigenvalue weighted by Crippen LogP contribution is -2.49. The van der Waals surface area contributed by atoms with Gasteiger partial charge < -0.3 is 10.3 Å². The van der Waals surface area contributed by atoms with Crippen LogP contribution in [0.3, 0.4) is 0 Å². The molecule has 0 aromatic carbocycles. The van der Waals surface area contributed by atoms with Crippen LogP contribution in [0.5, 0.6) is 0 Å². The lowest BCUT2D eigenvalue weighted by atomic mass is 10.1. The maximum absolute atomic E-state index is 14.4. The monoisotopic (exact) mass is 422 g/mol. The SMILES string of the molecule is Cc1ncc(-c2nc(NC3CCN(S(C)(=O)=O)CC3F)ncc2C(F)(F)F)[nH]1. The van der Waals surface area contributed by atoms with Crippen molar-refractivity contribution in [1.29, 1.82) is 0 Å². The molecule has 0 saturated carbocycles. The average molecular weight is 422 g/mol. The molecule has 0 amide bonds. The summed E-state index contributed by atoms with van der Waals surface area (Å²) in [6.45, 7) is 1.33. The molecule has 0 radical (unpaired) electrons. The first-order valence-electron chi connectivity index (χ1n) is 8.27. The van der Waals surface area contributed by atoms with E-state index in [-0.39, 0.29) is 31.2 Å².